The smallest absolute Gasteiger partial charge is 0.250 e. The minimum atomic E-state index is -0.507. The fourth-order valence-corrected chi connectivity index (χ4v) is 3.09. The molecule has 2 amide bonds. The summed E-state index contributed by atoms with van der Waals surface area (Å²) in [5.74, 6) is -0.725. The number of nitrogens with one attached hydrogen (secondary N) is 1. The monoisotopic (exact) mass is 347 g/mol. The number of nitrogens with two attached hydrogens (primary N) is 1. The molecule has 0 spiro atoms. The van der Waals surface area contributed by atoms with Crippen molar-refractivity contribution in [2.75, 3.05) is 30.0 Å². The van der Waals surface area contributed by atoms with E-state index >= 15 is 0 Å². The number of ether oxygens (including phenoxy) is 1. The number of nitrogens with zero attached hydrogens (tertiary/aromatic N) is 1. The molecule has 1 saturated heterocycles. The first-order chi connectivity index (χ1) is 12.0. The van der Waals surface area contributed by atoms with Crippen LogP contribution in [0.25, 0.3) is 0 Å². The maximum atomic E-state index is 12.2. The highest BCUT2D eigenvalue weighted by Gasteiger charge is 2.22. The quantitative estimate of drug-likeness (QED) is 0.708. The molecule has 0 radical (unpaired) electrons. The second kappa shape index (κ2) is 9.42. The highest BCUT2D eigenvalue weighted by Crippen LogP contribution is 2.32. The Labute approximate surface area is 149 Å². The first kappa shape index (κ1) is 19.2. The predicted octanol–water partition coefficient (Wildman–Crippen LogP) is 2.92. The summed E-state index contributed by atoms with van der Waals surface area (Å²) in [5, 5.41) is 2.89. The van der Waals surface area contributed by atoms with Gasteiger partial charge in [0, 0.05) is 24.8 Å². The molecule has 1 aliphatic heterocycles. The van der Waals surface area contributed by atoms with Gasteiger partial charge in [0.05, 0.1) is 11.4 Å². The van der Waals surface area contributed by atoms with Crippen molar-refractivity contribution < 1.29 is 14.3 Å². The molecule has 0 saturated carbocycles. The number of primary amides is 1. The normalized spacial score (nSPS) is 17.4. The molecule has 3 N–H and O–H groups in total. The van der Waals surface area contributed by atoms with Gasteiger partial charge >= 0.3 is 0 Å². The second-order valence-corrected chi connectivity index (χ2v) is 6.59. The Morgan fingerprint density at radius 2 is 2.16 bits per heavy atom. The Hall–Kier alpha value is -2.08. The summed E-state index contributed by atoms with van der Waals surface area (Å²) in [6, 6.07) is 5.63. The fourth-order valence-electron chi connectivity index (χ4n) is 3.09. The van der Waals surface area contributed by atoms with Crippen LogP contribution in [0.2, 0.25) is 0 Å². The van der Waals surface area contributed by atoms with Crippen LogP contribution >= 0.6 is 0 Å². The summed E-state index contributed by atoms with van der Waals surface area (Å²) in [4.78, 5) is 26.0. The van der Waals surface area contributed by atoms with Gasteiger partial charge in [-0.3, -0.25) is 9.59 Å². The van der Waals surface area contributed by atoms with E-state index in [1.165, 1.54) is 6.42 Å². The van der Waals surface area contributed by atoms with Crippen LogP contribution in [-0.4, -0.2) is 37.6 Å². The van der Waals surface area contributed by atoms with Crippen molar-refractivity contribution in [3.05, 3.63) is 23.8 Å². The van der Waals surface area contributed by atoms with E-state index in [1.807, 2.05) is 6.07 Å². The highest BCUT2D eigenvalue weighted by atomic mass is 16.5. The third kappa shape index (κ3) is 5.46. The van der Waals surface area contributed by atoms with Crippen LogP contribution < -0.4 is 16.0 Å². The van der Waals surface area contributed by atoms with Crippen molar-refractivity contribution >= 4 is 23.2 Å². The lowest BCUT2D eigenvalue weighted by atomic mass is 10.0. The molecule has 1 aliphatic rings. The number of hydrogen-bond donors (Lipinski definition) is 2. The summed E-state index contributed by atoms with van der Waals surface area (Å²) < 4.78 is 5.37. The number of amides is 2. The van der Waals surface area contributed by atoms with Crippen molar-refractivity contribution in [2.24, 2.45) is 5.73 Å². The second-order valence-electron chi connectivity index (χ2n) is 6.59. The SMILES string of the molecule is CCCCOCC(=O)Nc1cc(C(N)=O)ccc1N1CCCCC1C. The van der Waals surface area contributed by atoms with Crippen LogP contribution in [0.15, 0.2) is 18.2 Å². The first-order valence-corrected chi connectivity index (χ1v) is 9.11. The molecule has 0 aliphatic carbocycles. The van der Waals surface area contributed by atoms with Crippen LogP contribution in [0.3, 0.4) is 0 Å². The van der Waals surface area contributed by atoms with Crippen LogP contribution in [0.1, 0.15) is 56.3 Å². The lowest BCUT2D eigenvalue weighted by molar-refractivity contribution is -0.120. The molecule has 1 aromatic rings. The molecule has 0 aromatic heterocycles. The van der Waals surface area contributed by atoms with Crippen molar-refractivity contribution in [2.45, 2.75) is 52.0 Å². The van der Waals surface area contributed by atoms with E-state index in [0.717, 1.165) is 37.9 Å². The van der Waals surface area contributed by atoms with Crippen LogP contribution in [0.5, 0.6) is 0 Å². The average molecular weight is 347 g/mol. The highest BCUT2D eigenvalue weighted by molar-refractivity contribution is 5.99. The number of carbonyl (C=O) groups excluding carboxylic acids is 2. The Balaban J connectivity index is 2.16. The van der Waals surface area contributed by atoms with Crippen LogP contribution in [-0.2, 0) is 9.53 Å². The summed E-state index contributed by atoms with van der Waals surface area (Å²) in [6.45, 7) is 5.77. The maximum Gasteiger partial charge on any atom is 0.250 e. The predicted molar refractivity (Wildman–Crippen MR) is 100.0 cm³/mol. The number of anilines is 2. The Bertz CT molecular complexity index is 604. The molecule has 138 valence electrons. The van der Waals surface area contributed by atoms with E-state index in [0.29, 0.717) is 23.9 Å². The number of hydrogen-bond acceptors (Lipinski definition) is 4. The zero-order chi connectivity index (χ0) is 18.2. The van der Waals surface area contributed by atoms with Gasteiger partial charge in [0.15, 0.2) is 0 Å². The van der Waals surface area contributed by atoms with Gasteiger partial charge in [-0.15, -0.1) is 0 Å². The maximum absolute atomic E-state index is 12.2. The van der Waals surface area contributed by atoms with Gasteiger partial charge < -0.3 is 20.7 Å². The zero-order valence-electron chi connectivity index (χ0n) is 15.2. The van der Waals surface area contributed by atoms with Crippen molar-refractivity contribution in [1.29, 1.82) is 0 Å². The molecule has 1 aromatic carbocycles. The molecule has 6 nitrogen and oxygen atoms in total. The van der Waals surface area contributed by atoms with Gasteiger partial charge in [-0.1, -0.05) is 13.3 Å². The van der Waals surface area contributed by atoms with Gasteiger partial charge in [-0.25, -0.2) is 0 Å². The Morgan fingerprint density at radius 1 is 1.36 bits per heavy atom. The minimum absolute atomic E-state index is 0.00971. The Kier molecular flexibility index (Phi) is 7.25. The third-order valence-corrected chi connectivity index (χ3v) is 4.54. The molecule has 1 unspecified atom stereocenters. The molecule has 1 fully saturated rings. The Morgan fingerprint density at radius 3 is 2.84 bits per heavy atom. The topological polar surface area (TPSA) is 84.7 Å². The van der Waals surface area contributed by atoms with E-state index in [2.05, 4.69) is 24.1 Å². The molecule has 0 bridgehead atoms. The van der Waals surface area contributed by atoms with E-state index in [1.54, 1.807) is 12.1 Å². The number of benzene rings is 1. The lowest BCUT2D eigenvalue weighted by Crippen LogP contribution is -2.38. The van der Waals surface area contributed by atoms with E-state index in [9.17, 15) is 9.59 Å². The first-order valence-electron chi connectivity index (χ1n) is 9.11. The number of piperidine rings is 1. The van der Waals surface area contributed by atoms with Crippen LogP contribution in [0, 0.1) is 0 Å². The van der Waals surface area contributed by atoms with E-state index < -0.39 is 5.91 Å². The molecule has 1 atom stereocenters. The van der Waals surface area contributed by atoms with Gasteiger partial charge in [0.25, 0.3) is 0 Å². The summed E-state index contributed by atoms with van der Waals surface area (Å²) in [5.41, 5.74) is 7.33. The number of carbonyl (C=O) groups is 2. The van der Waals surface area contributed by atoms with Gasteiger partial charge in [0.2, 0.25) is 11.8 Å². The van der Waals surface area contributed by atoms with E-state index in [-0.39, 0.29) is 12.5 Å². The zero-order valence-corrected chi connectivity index (χ0v) is 15.2. The third-order valence-electron chi connectivity index (χ3n) is 4.54. The van der Waals surface area contributed by atoms with Gasteiger partial charge in [0.1, 0.15) is 6.61 Å². The van der Waals surface area contributed by atoms with Crippen molar-refractivity contribution in [3.63, 3.8) is 0 Å². The molecule has 1 heterocycles. The van der Waals surface area contributed by atoms with Crippen LogP contribution in [0.4, 0.5) is 11.4 Å². The summed E-state index contributed by atoms with van der Waals surface area (Å²) >= 11 is 0. The summed E-state index contributed by atoms with van der Waals surface area (Å²) in [7, 11) is 0. The molecule has 2 rings (SSSR count). The van der Waals surface area contributed by atoms with Crippen molar-refractivity contribution in [1.82, 2.24) is 0 Å². The number of unbranched alkanes of at least 4 members (excludes halogenated alkanes) is 1. The standard InChI is InChI=1S/C19H29N3O3/c1-3-4-11-25-13-18(23)21-16-12-15(19(20)24)8-9-17(16)22-10-6-5-7-14(22)2/h8-9,12,14H,3-7,10-11,13H2,1-2H3,(H2,20,24)(H,21,23). The van der Waals surface area contributed by atoms with Gasteiger partial charge in [-0.2, -0.15) is 0 Å². The van der Waals surface area contributed by atoms with Gasteiger partial charge in [-0.05, 0) is 50.8 Å². The largest absolute Gasteiger partial charge is 0.372 e. The minimum Gasteiger partial charge on any atom is -0.372 e. The molecule has 6 heteroatoms. The summed E-state index contributed by atoms with van der Waals surface area (Å²) in [6.07, 6.45) is 5.41. The van der Waals surface area contributed by atoms with Crippen molar-refractivity contribution in [3.8, 4) is 0 Å². The average Bonchev–Trinajstić information content (AvgIpc) is 2.59. The fraction of sp³-hybridized carbons (Fsp3) is 0.579. The lowest BCUT2D eigenvalue weighted by Gasteiger charge is -2.36. The number of rotatable bonds is 8. The van der Waals surface area contributed by atoms with E-state index in [4.69, 9.17) is 10.5 Å². The molecule has 25 heavy (non-hydrogen) atoms. The molecular formula is C19H29N3O3. The molecular weight excluding hydrogens is 318 g/mol.